The number of aromatic nitrogens is 1. The molecule has 1 saturated heterocycles. The zero-order chi connectivity index (χ0) is 27.7. The summed E-state index contributed by atoms with van der Waals surface area (Å²) in [7, 11) is 1.26. The number of ketones is 1. The minimum atomic E-state index is -0.904. The number of amides is 1. The molecule has 0 bridgehead atoms. The summed E-state index contributed by atoms with van der Waals surface area (Å²) >= 11 is 2.31. The van der Waals surface area contributed by atoms with Crippen molar-refractivity contribution in [2.24, 2.45) is 0 Å². The molecule has 0 saturated carbocycles. The Morgan fingerprint density at radius 3 is 2.51 bits per heavy atom. The normalized spacial score (nSPS) is 16.5. The number of carbonyl (C=O) groups is 3. The van der Waals surface area contributed by atoms with Crippen molar-refractivity contribution in [3.63, 3.8) is 0 Å². The Labute approximate surface area is 232 Å². The number of anilines is 1. The molecule has 1 N–H and O–H groups in total. The van der Waals surface area contributed by atoms with Crippen LogP contribution >= 0.6 is 22.7 Å². The summed E-state index contributed by atoms with van der Waals surface area (Å²) in [6, 6.07) is 17.4. The largest absolute Gasteiger partial charge is 0.507 e. The Morgan fingerprint density at radius 2 is 1.85 bits per heavy atom. The van der Waals surface area contributed by atoms with Crippen molar-refractivity contribution < 1.29 is 29.0 Å². The summed E-state index contributed by atoms with van der Waals surface area (Å²) in [6.07, 6.45) is 0. The van der Waals surface area contributed by atoms with Crippen LogP contribution in [0.3, 0.4) is 0 Å². The molecule has 4 aromatic rings. The number of hydrogen-bond acceptors (Lipinski definition) is 9. The van der Waals surface area contributed by atoms with Crippen LogP contribution in [0.4, 0.5) is 5.13 Å². The van der Waals surface area contributed by atoms with E-state index in [-0.39, 0.29) is 21.3 Å². The molecule has 1 amide bonds. The maximum Gasteiger partial charge on any atom is 0.350 e. The molecule has 2 aromatic heterocycles. The number of thiazole rings is 1. The van der Waals surface area contributed by atoms with E-state index in [1.165, 1.54) is 23.3 Å². The van der Waals surface area contributed by atoms with Crippen molar-refractivity contribution in [3.8, 4) is 5.75 Å². The van der Waals surface area contributed by atoms with Gasteiger partial charge in [-0.05, 0) is 55.1 Å². The number of aliphatic hydroxyl groups excluding tert-OH is 1. The average molecular weight is 561 g/mol. The van der Waals surface area contributed by atoms with Crippen molar-refractivity contribution in [2.75, 3.05) is 12.0 Å². The fourth-order valence-electron chi connectivity index (χ4n) is 4.35. The summed E-state index contributed by atoms with van der Waals surface area (Å²) in [6.45, 7) is 4.03. The number of thiophene rings is 1. The topological polar surface area (TPSA) is 106 Å². The summed E-state index contributed by atoms with van der Waals surface area (Å²) in [5.41, 5.74) is 2.87. The highest BCUT2D eigenvalue weighted by atomic mass is 32.1. The van der Waals surface area contributed by atoms with E-state index < -0.39 is 23.7 Å². The van der Waals surface area contributed by atoms with Gasteiger partial charge in [-0.3, -0.25) is 14.5 Å². The number of nitrogens with zero attached hydrogens (tertiary/aromatic N) is 2. The molecule has 0 radical (unpaired) electrons. The second kappa shape index (κ2) is 10.8. The maximum absolute atomic E-state index is 13.3. The predicted molar refractivity (Wildman–Crippen MR) is 149 cm³/mol. The molecular formula is C29H24N2O6S2. The molecule has 0 spiro atoms. The summed E-state index contributed by atoms with van der Waals surface area (Å²) < 4.78 is 10.7. The lowest BCUT2D eigenvalue weighted by Crippen LogP contribution is -2.29. The lowest BCUT2D eigenvalue weighted by atomic mass is 10.00. The van der Waals surface area contributed by atoms with Crippen LogP contribution in [0, 0.1) is 13.8 Å². The van der Waals surface area contributed by atoms with Crippen molar-refractivity contribution >= 4 is 51.2 Å². The van der Waals surface area contributed by atoms with Gasteiger partial charge < -0.3 is 14.6 Å². The summed E-state index contributed by atoms with van der Waals surface area (Å²) in [4.78, 5) is 45.3. The molecule has 1 fully saturated rings. The van der Waals surface area contributed by atoms with Crippen molar-refractivity contribution in [1.82, 2.24) is 4.98 Å². The lowest BCUT2D eigenvalue weighted by molar-refractivity contribution is -0.132. The number of methoxy groups -OCH3 is 1. The molecule has 1 aliphatic heterocycles. The van der Waals surface area contributed by atoms with Gasteiger partial charge in [0.25, 0.3) is 5.78 Å². The van der Waals surface area contributed by atoms with Crippen molar-refractivity contribution in [1.29, 1.82) is 0 Å². The first kappa shape index (κ1) is 26.3. The molecule has 8 nitrogen and oxygen atoms in total. The average Bonchev–Trinajstić information content (AvgIpc) is 3.66. The summed E-state index contributed by atoms with van der Waals surface area (Å²) in [5.74, 6) is -1.96. The molecule has 1 aliphatic rings. The van der Waals surface area contributed by atoms with E-state index in [2.05, 4.69) is 4.98 Å². The van der Waals surface area contributed by atoms with E-state index in [4.69, 9.17) is 9.47 Å². The highest BCUT2D eigenvalue weighted by Crippen LogP contribution is 2.45. The number of benzene rings is 2. The Kier molecular flexibility index (Phi) is 7.32. The minimum Gasteiger partial charge on any atom is -0.507 e. The fraction of sp³-hybridized carbons (Fsp3) is 0.172. The van der Waals surface area contributed by atoms with E-state index in [1.54, 1.807) is 43.3 Å². The van der Waals surface area contributed by atoms with Crippen LogP contribution in [0.5, 0.6) is 5.75 Å². The van der Waals surface area contributed by atoms with E-state index >= 15 is 0 Å². The van der Waals surface area contributed by atoms with Gasteiger partial charge in [0.15, 0.2) is 5.13 Å². The Hall–Kier alpha value is -4.28. The van der Waals surface area contributed by atoms with Gasteiger partial charge in [0.05, 0.1) is 18.4 Å². The second-order valence-electron chi connectivity index (χ2n) is 8.89. The highest BCUT2D eigenvalue weighted by Gasteiger charge is 2.48. The van der Waals surface area contributed by atoms with Crippen molar-refractivity contribution in [3.05, 3.63) is 104 Å². The Balaban J connectivity index is 1.49. The fourth-order valence-corrected chi connectivity index (χ4v) is 6.18. The number of esters is 1. The van der Waals surface area contributed by atoms with E-state index in [0.717, 1.165) is 22.5 Å². The highest BCUT2D eigenvalue weighted by molar-refractivity contribution is 7.18. The predicted octanol–water partition coefficient (Wildman–Crippen LogP) is 5.81. The molecule has 39 heavy (non-hydrogen) atoms. The van der Waals surface area contributed by atoms with Crippen LogP contribution in [-0.2, 0) is 20.9 Å². The standard InChI is InChI=1S/C29H24N2O6S2/c1-16-6-4-7-18(14-16)15-37-20-11-9-19(10-12-20)24(32)22-23(21-8-5-13-38-21)31(27(34)25(22)33)29-30-17(2)26(39-29)28(35)36-3/h4-14,23,32H,15H2,1-3H3. The van der Waals surface area contributed by atoms with E-state index in [1.807, 2.05) is 36.6 Å². The number of hydrogen-bond donors (Lipinski definition) is 1. The van der Waals surface area contributed by atoms with Gasteiger partial charge in [-0.2, -0.15) is 0 Å². The maximum atomic E-state index is 13.3. The zero-order valence-corrected chi connectivity index (χ0v) is 23.0. The third-order valence-electron chi connectivity index (χ3n) is 6.24. The van der Waals surface area contributed by atoms with Gasteiger partial charge in [0.2, 0.25) is 0 Å². The monoisotopic (exact) mass is 560 g/mol. The third-order valence-corrected chi connectivity index (χ3v) is 8.30. The quantitative estimate of drug-likeness (QED) is 0.132. The first-order chi connectivity index (χ1) is 18.8. The minimum absolute atomic E-state index is 0.0525. The van der Waals surface area contributed by atoms with Gasteiger partial charge in [-0.25, -0.2) is 9.78 Å². The van der Waals surface area contributed by atoms with Gasteiger partial charge in [0.1, 0.15) is 29.0 Å². The van der Waals surface area contributed by atoms with Crippen LogP contribution < -0.4 is 9.64 Å². The van der Waals surface area contributed by atoms with Crippen LogP contribution in [0.1, 0.15) is 43.0 Å². The van der Waals surface area contributed by atoms with Gasteiger partial charge in [-0.15, -0.1) is 11.3 Å². The molecule has 0 aliphatic carbocycles. The van der Waals surface area contributed by atoms with Gasteiger partial charge >= 0.3 is 11.9 Å². The molecule has 3 heterocycles. The number of Topliss-reactive ketones (excluding diaryl/α,β-unsaturated/α-hetero) is 1. The molecule has 1 unspecified atom stereocenters. The second-order valence-corrected chi connectivity index (χ2v) is 10.8. The van der Waals surface area contributed by atoms with Gasteiger partial charge in [-0.1, -0.05) is 47.2 Å². The SMILES string of the molecule is COC(=O)c1sc(N2C(=O)C(=O)C(=C(O)c3ccc(OCc4cccc(C)c4)cc3)C2c2cccs2)nc1C. The summed E-state index contributed by atoms with van der Waals surface area (Å²) in [5, 5.41) is 13.3. The molecule has 5 rings (SSSR count). The van der Waals surface area contributed by atoms with E-state index in [0.29, 0.717) is 28.5 Å². The smallest absolute Gasteiger partial charge is 0.350 e. The van der Waals surface area contributed by atoms with Crippen molar-refractivity contribution in [2.45, 2.75) is 26.5 Å². The number of rotatable bonds is 7. The number of aryl methyl sites for hydroxylation is 2. The molecular weight excluding hydrogens is 536 g/mol. The third kappa shape index (κ3) is 5.08. The van der Waals surface area contributed by atoms with Crippen LogP contribution in [0.15, 0.2) is 71.6 Å². The Morgan fingerprint density at radius 1 is 1.08 bits per heavy atom. The number of ether oxygens (including phenoxy) is 2. The number of aliphatic hydroxyl groups is 1. The zero-order valence-electron chi connectivity index (χ0n) is 21.3. The van der Waals surface area contributed by atoms with Crippen LogP contribution in [-0.4, -0.2) is 34.9 Å². The lowest BCUT2D eigenvalue weighted by Gasteiger charge is -2.21. The van der Waals surface area contributed by atoms with Gasteiger partial charge in [0, 0.05) is 10.4 Å². The molecule has 10 heteroatoms. The molecule has 198 valence electrons. The first-order valence-electron chi connectivity index (χ1n) is 12.0. The van der Waals surface area contributed by atoms with Crippen LogP contribution in [0.2, 0.25) is 0 Å². The van der Waals surface area contributed by atoms with Crippen LogP contribution in [0.25, 0.3) is 5.76 Å². The molecule has 1 atom stereocenters. The van der Waals surface area contributed by atoms with E-state index in [9.17, 15) is 19.5 Å². The Bertz CT molecular complexity index is 1590. The first-order valence-corrected chi connectivity index (χ1v) is 13.7. The number of carbonyl (C=O) groups excluding carboxylic acids is 3. The molecule has 2 aromatic carbocycles.